The Balaban J connectivity index is 1.93. The van der Waals surface area contributed by atoms with E-state index in [4.69, 9.17) is 0 Å². The van der Waals surface area contributed by atoms with Crippen LogP contribution in [0.25, 0.3) is 0 Å². The Morgan fingerprint density at radius 2 is 2.31 bits per heavy atom. The highest BCUT2D eigenvalue weighted by atomic mass is 79.9. The highest BCUT2D eigenvalue weighted by molar-refractivity contribution is 9.09. The summed E-state index contributed by atoms with van der Waals surface area (Å²) in [5.74, 6) is 0.969. The number of alkyl halides is 1. The molecule has 13 heavy (non-hydrogen) atoms. The number of rotatable bonds is 2. The van der Waals surface area contributed by atoms with Crippen LogP contribution in [0, 0.1) is 11.3 Å². The largest absolute Gasteiger partial charge is 0.303 e. The summed E-state index contributed by atoms with van der Waals surface area (Å²) in [6.07, 6.45) is 5.89. The molecule has 0 aromatic heterocycles. The molecule has 2 atom stereocenters. The van der Waals surface area contributed by atoms with Crippen LogP contribution in [0.1, 0.15) is 32.6 Å². The van der Waals surface area contributed by atoms with Crippen LogP contribution in [-0.4, -0.2) is 29.9 Å². The van der Waals surface area contributed by atoms with Gasteiger partial charge in [-0.15, -0.1) is 0 Å². The zero-order valence-corrected chi connectivity index (χ0v) is 10.1. The SMILES string of the molecule is CCN1CC[C@@]2(CC[C@@H](CBr)C2)C1. The Morgan fingerprint density at radius 1 is 1.46 bits per heavy atom. The van der Waals surface area contributed by atoms with Crippen LogP contribution >= 0.6 is 15.9 Å². The molecule has 0 amide bonds. The smallest absolute Gasteiger partial charge is 0.00598 e. The van der Waals surface area contributed by atoms with Gasteiger partial charge in [0.1, 0.15) is 0 Å². The molecular formula is C11H20BrN. The lowest BCUT2D eigenvalue weighted by Crippen LogP contribution is -2.25. The van der Waals surface area contributed by atoms with E-state index in [1.807, 2.05) is 0 Å². The summed E-state index contributed by atoms with van der Waals surface area (Å²) in [6, 6.07) is 0. The molecule has 2 fully saturated rings. The van der Waals surface area contributed by atoms with Crippen LogP contribution < -0.4 is 0 Å². The molecule has 2 rings (SSSR count). The van der Waals surface area contributed by atoms with Crippen molar-refractivity contribution in [1.29, 1.82) is 0 Å². The van der Waals surface area contributed by atoms with Crippen molar-refractivity contribution in [1.82, 2.24) is 4.90 Å². The van der Waals surface area contributed by atoms with Gasteiger partial charge in [0.05, 0.1) is 0 Å². The van der Waals surface area contributed by atoms with Crippen molar-refractivity contribution in [2.45, 2.75) is 32.6 Å². The first-order chi connectivity index (χ1) is 6.28. The Labute approximate surface area is 90.0 Å². The predicted octanol–water partition coefficient (Wildman–Crippen LogP) is 2.89. The topological polar surface area (TPSA) is 3.24 Å². The van der Waals surface area contributed by atoms with Gasteiger partial charge in [0.25, 0.3) is 0 Å². The van der Waals surface area contributed by atoms with Crippen LogP contribution in [0.4, 0.5) is 0 Å². The third-order valence-electron chi connectivity index (χ3n) is 3.99. The first kappa shape index (κ1) is 9.97. The third-order valence-corrected chi connectivity index (χ3v) is 4.90. The van der Waals surface area contributed by atoms with Crippen LogP contribution in [0.3, 0.4) is 0 Å². The minimum absolute atomic E-state index is 0.731. The molecule has 0 aromatic rings. The van der Waals surface area contributed by atoms with Crippen molar-refractivity contribution in [3.63, 3.8) is 0 Å². The summed E-state index contributed by atoms with van der Waals surface area (Å²) >= 11 is 3.63. The van der Waals surface area contributed by atoms with E-state index in [1.54, 1.807) is 0 Å². The lowest BCUT2D eigenvalue weighted by molar-refractivity contribution is 0.263. The molecule has 0 unspecified atom stereocenters. The highest BCUT2D eigenvalue weighted by Gasteiger charge is 2.42. The molecule has 76 valence electrons. The first-order valence-corrected chi connectivity index (χ1v) is 6.68. The van der Waals surface area contributed by atoms with Gasteiger partial charge in [0, 0.05) is 11.9 Å². The lowest BCUT2D eigenvalue weighted by Gasteiger charge is -2.23. The molecule has 1 saturated heterocycles. The maximum Gasteiger partial charge on any atom is 0.00598 e. The number of hydrogen-bond acceptors (Lipinski definition) is 1. The van der Waals surface area contributed by atoms with E-state index in [-0.39, 0.29) is 0 Å². The molecule has 0 N–H and O–H groups in total. The second-order valence-electron chi connectivity index (χ2n) is 4.88. The molecule has 1 spiro atoms. The van der Waals surface area contributed by atoms with E-state index in [1.165, 1.54) is 50.6 Å². The minimum atomic E-state index is 0.731. The van der Waals surface area contributed by atoms with Gasteiger partial charge in [0.15, 0.2) is 0 Å². The van der Waals surface area contributed by atoms with Gasteiger partial charge in [0.2, 0.25) is 0 Å². The van der Waals surface area contributed by atoms with Gasteiger partial charge in [-0.3, -0.25) is 0 Å². The summed E-state index contributed by atoms with van der Waals surface area (Å²) in [5, 5.41) is 1.22. The highest BCUT2D eigenvalue weighted by Crippen LogP contribution is 2.48. The van der Waals surface area contributed by atoms with Crippen LogP contribution in [0.5, 0.6) is 0 Å². The third kappa shape index (κ3) is 1.94. The summed E-state index contributed by atoms with van der Waals surface area (Å²) in [4.78, 5) is 2.62. The molecule has 0 aromatic carbocycles. The van der Waals surface area contributed by atoms with Crippen LogP contribution in [-0.2, 0) is 0 Å². The standard InChI is InChI=1S/C11H20BrN/c1-2-13-6-5-11(9-13)4-3-10(7-11)8-12/h10H,2-9H2,1H3/t10-,11-/m1/s1. The molecule has 1 heterocycles. The monoisotopic (exact) mass is 245 g/mol. The Morgan fingerprint density at radius 3 is 2.85 bits per heavy atom. The quantitative estimate of drug-likeness (QED) is 0.677. The second-order valence-corrected chi connectivity index (χ2v) is 5.53. The fourth-order valence-electron chi connectivity index (χ4n) is 3.13. The number of likely N-dealkylation sites (tertiary alicyclic amines) is 1. The van der Waals surface area contributed by atoms with E-state index in [2.05, 4.69) is 27.8 Å². The van der Waals surface area contributed by atoms with E-state index < -0.39 is 0 Å². The van der Waals surface area contributed by atoms with Crippen molar-refractivity contribution >= 4 is 15.9 Å². The predicted molar refractivity (Wildman–Crippen MR) is 60.3 cm³/mol. The fraction of sp³-hybridized carbons (Fsp3) is 1.00. The number of nitrogens with zero attached hydrogens (tertiary/aromatic N) is 1. The van der Waals surface area contributed by atoms with Gasteiger partial charge in [-0.05, 0) is 50.1 Å². The number of halogens is 1. The molecule has 0 radical (unpaired) electrons. The van der Waals surface area contributed by atoms with Gasteiger partial charge < -0.3 is 4.90 Å². The Hall–Kier alpha value is 0.440. The summed E-state index contributed by atoms with van der Waals surface area (Å²) in [7, 11) is 0. The van der Waals surface area contributed by atoms with Crippen molar-refractivity contribution < 1.29 is 0 Å². The van der Waals surface area contributed by atoms with E-state index in [0.717, 1.165) is 11.3 Å². The van der Waals surface area contributed by atoms with Gasteiger partial charge in [-0.2, -0.15) is 0 Å². The molecule has 2 heteroatoms. The summed E-state index contributed by atoms with van der Waals surface area (Å²) in [6.45, 7) is 6.27. The van der Waals surface area contributed by atoms with E-state index >= 15 is 0 Å². The summed E-state index contributed by atoms with van der Waals surface area (Å²) < 4.78 is 0. The van der Waals surface area contributed by atoms with Crippen LogP contribution in [0.2, 0.25) is 0 Å². The Bertz CT molecular complexity index is 161. The number of hydrogen-bond donors (Lipinski definition) is 0. The molecule has 1 nitrogen and oxygen atoms in total. The molecule has 1 saturated carbocycles. The normalized spacial score (nSPS) is 40.6. The molecule has 2 aliphatic rings. The van der Waals surface area contributed by atoms with Crippen molar-refractivity contribution in [2.24, 2.45) is 11.3 Å². The average Bonchev–Trinajstić information content (AvgIpc) is 2.74. The fourth-order valence-corrected chi connectivity index (χ4v) is 3.68. The lowest BCUT2D eigenvalue weighted by atomic mass is 9.85. The molecular weight excluding hydrogens is 226 g/mol. The van der Waals surface area contributed by atoms with Crippen molar-refractivity contribution in [3.05, 3.63) is 0 Å². The maximum absolute atomic E-state index is 3.63. The molecule has 0 bridgehead atoms. The second kappa shape index (κ2) is 3.90. The maximum atomic E-state index is 3.63. The van der Waals surface area contributed by atoms with Gasteiger partial charge >= 0.3 is 0 Å². The Kier molecular flexibility index (Phi) is 2.99. The van der Waals surface area contributed by atoms with E-state index in [9.17, 15) is 0 Å². The van der Waals surface area contributed by atoms with Crippen molar-refractivity contribution in [3.8, 4) is 0 Å². The first-order valence-electron chi connectivity index (χ1n) is 5.56. The zero-order valence-electron chi connectivity index (χ0n) is 8.56. The molecule has 1 aliphatic heterocycles. The summed E-state index contributed by atoms with van der Waals surface area (Å²) in [5.41, 5.74) is 0.731. The minimum Gasteiger partial charge on any atom is -0.303 e. The van der Waals surface area contributed by atoms with Crippen LogP contribution in [0.15, 0.2) is 0 Å². The van der Waals surface area contributed by atoms with E-state index in [0.29, 0.717) is 0 Å². The average molecular weight is 246 g/mol. The van der Waals surface area contributed by atoms with Gasteiger partial charge in [-0.1, -0.05) is 22.9 Å². The molecule has 1 aliphatic carbocycles. The van der Waals surface area contributed by atoms with Crippen molar-refractivity contribution in [2.75, 3.05) is 25.0 Å². The van der Waals surface area contributed by atoms with Gasteiger partial charge in [-0.25, -0.2) is 0 Å². The zero-order chi connectivity index (χ0) is 9.31.